The Morgan fingerprint density at radius 2 is 1.09 bits per heavy atom. The second-order valence-electron chi connectivity index (χ2n) is 3.12. The molecule has 0 aliphatic heterocycles. The van der Waals surface area contributed by atoms with E-state index >= 15 is 0 Å². The molecule has 1 radical (unpaired) electrons. The number of hydrogen-bond acceptors (Lipinski definition) is 0. The van der Waals surface area contributed by atoms with Crippen LogP contribution >= 0.6 is 0 Å². The van der Waals surface area contributed by atoms with Crippen molar-refractivity contribution < 1.29 is 17.1 Å². The first-order chi connectivity index (χ1) is 4.55. The molecule has 0 saturated carbocycles. The fourth-order valence-corrected chi connectivity index (χ4v) is 1.41. The minimum absolute atomic E-state index is 0. The molecule has 0 saturated heterocycles. The molecule has 11 heavy (non-hydrogen) atoms. The zero-order valence-corrected chi connectivity index (χ0v) is 9.06. The Labute approximate surface area is 79.8 Å². The average molecular weight is 190 g/mol. The summed E-state index contributed by atoms with van der Waals surface area (Å²) in [6.45, 7) is 11.0. The molecule has 1 aromatic rings. The molecule has 0 aliphatic rings. The Balaban J connectivity index is 0.000001000. The second kappa shape index (κ2) is 3.51. The number of hydrogen-bond donors (Lipinski definition) is 0. The maximum absolute atomic E-state index is 2.20. The Bertz CT molecular complexity index is 176. The molecule has 0 atom stereocenters. The van der Waals surface area contributed by atoms with E-state index < -0.39 is 0 Å². The van der Waals surface area contributed by atoms with Gasteiger partial charge in [0.1, 0.15) is 0 Å². The van der Waals surface area contributed by atoms with E-state index in [4.69, 9.17) is 0 Å². The zero-order chi connectivity index (χ0) is 7.89. The summed E-state index contributed by atoms with van der Waals surface area (Å²) < 4.78 is 0. The van der Waals surface area contributed by atoms with E-state index in [1.807, 2.05) is 0 Å². The Hall–Kier alpha value is -0.131. The van der Waals surface area contributed by atoms with Crippen molar-refractivity contribution in [2.24, 2.45) is 0 Å². The van der Waals surface area contributed by atoms with Crippen molar-refractivity contribution in [1.29, 1.82) is 0 Å². The first kappa shape index (κ1) is 10.9. The third-order valence-electron chi connectivity index (χ3n) is 2.81. The van der Waals surface area contributed by atoms with Gasteiger partial charge in [0, 0.05) is 0 Å². The molecule has 0 fully saturated rings. The summed E-state index contributed by atoms with van der Waals surface area (Å²) >= 11 is 0. The molecule has 0 aliphatic carbocycles. The largest absolute Gasteiger partial charge is 2.00 e. The van der Waals surface area contributed by atoms with Crippen molar-refractivity contribution in [3.8, 4) is 0 Å². The van der Waals surface area contributed by atoms with E-state index in [1.54, 1.807) is 0 Å². The molecule has 1 rings (SSSR count). The normalized spacial score (nSPS) is 9.55. The fraction of sp³-hybridized carbons (Fsp3) is 0.500. The van der Waals surface area contributed by atoms with Gasteiger partial charge in [-0.1, -0.05) is 34.6 Å². The van der Waals surface area contributed by atoms with Gasteiger partial charge in [-0.2, -0.15) is 27.8 Å². The average Bonchev–Trinajstić information content (AvgIpc) is 2.07. The van der Waals surface area contributed by atoms with Crippen LogP contribution in [0.15, 0.2) is 0 Å². The zero-order valence-electron chi connectivity index (χ0n) is 7.88. The van der Waals surface area contributed by atoms with E-state index in [9.17, 15) is 0 Å². The molecule has 1 aromatic carbocycles. The monoisotopic (exact) mass is 190 g/mol. The van der Waals surface area contributed by atoms with Gasteiger partial charge in [0.25, 0.3) is 0 Å². The molecule has 0 amide bonds. The fourth-order valence-electron chi connectivity index (χ4n) is 1.41. The SMILES string of the molecule is Cc1c(C)c(C)[c-](C)c1C.[Mn+2]. The van der Waals surface area contributed by atoms with Crippen molar-refractivity contribution in [1.82, 2.24) is 0 Å². The van der Waals surface area contributed by atoms with Gasteiger partial charge in [0.15, 0.2) is 0 Å². The standard InChI is InChI=1S/C10H15.Mn/c1-6-7(2)9(4)10(5)8(6)3;/h1-5H3;/q-1;+2. The summed E-state index contributed by atoms with van der Waals surface area (Å²) in [5, 5.41) is 0. The Morgan fingerprint density at radius 1 is 0.818 bits per heavy atom. The van der Waals surface area contributed by atoms with Crippen LogP contribution in [0.25, 0.3) is 0 Å². The summed E-state index contributed by atoms with van der Waals surface area (Å²) in [7, 11) is 0. The van der Waals surface area contributed by atoms with Crippen molar-refractivity contribution >= 4 is 0 Å². The van der Waals surface area contributed by atoms with E-state index in [0.717, 1.165) is 0 Å². The Morgan fingerprint density at radius 3 is 1.18 bits per heavy atom. The molecule has 1 heteroatoms. The third kappa shape index (κ3) is 1.55. The second-order valence-corrected chi connectivity index (χ2v) is 3.12. The molecular formula is C10H15Mn+. The quantitative estimate of drug-likeness (QED) is 0.436. The van der Waals surface area contributed by atoms with E-state index in [0.29, 0.717) is 0 Å². The number of rotatable bonds is 0. The van der Waals surface area contributed by atoms with Gasteiger partial charge in [-0.3, -0.25) is 0 Å². The summed E-state index contributed by atoms with van der Waals surface area (Å²) in [6, 6.07) is 0. The summed E-state index contributed by atoms with van der Waals surface area (Å²) in [5.41, 5.74) is 7.34. The van der Waals surface area contributed by atoms with Gasteiger partial charge in [0.05, 0.1) is 0 Å². The van der Waals surface area contributed by atoms with Crippen molar-refractivity contribution in [2.75, 3.05) is 0 Å². The Kier molecular flexibility index (Phi) is 3.47. The molecule has 61 valence electrons. The molecule has 0 N–H and O–H groups in total. The predicted octanol–water partition coefficient (Wildman–Crippen LogP) is 2.95. The summed E-state index contributed by atoms with van der Waals surface area (Å²) in [5.74, 6) is 0. The first-order valence-electron chi connectivity index (χ1n) is 3.75. The predicted molar refractivity (Wildman–Crippen MR) is 45.7 cm³/mol. The maximum atomic E-state index is 2.20. The minimum Gasteiger partial charge on any atom is -0.196 e. The van der Waals surface area contributed by atoms with Gasteiger partial charge < -0.3 is 0 Å². The van der Waals surface area contributed by atoms with Crippen molar-refractivity contribution in [2.45, 2.75) is 34.6 Å². The van der Waals surface area contributed by atoms with Gasteiger partial charge >= 0.3 is 17.1 Å². The van der Waals surface area contributed by atoms with E-state index in [2.05, 4.69) is 34.6 Å². The molecule has 0 nitrogen and oxygen atoms in total. The van der Waals surface area contributed by atoms with Crippen LogP contribution in [0.3, 0.4) is 0 Å². The van der Waals surface area contributed by atoms with Gasteiger partial charge in [0.2, 0.25) is 0 Å². The molecule has 0 spiro atoms. The molecule has 0 unspecified atom stereocenters. The van der Waals surface area contributed by atoms with Crippen LogP contribution in [0.4, 0.5) is 0 Å². The van der Waals surface area contributed by atoms with Crippen molar-refractivity contribution in [3.05, 3.63) is 27.8 Å². The van der Waals surface area contributed by atoms with Crippen LogP contribution in [-0.4, -0.2) is 0 Å². The molecule has 0 bridgehead atoms. The van der Waals surface area contributed by atoms with Gasteiger partial charge in [-0.05, 0) is 0 Å². The smallest absolute Gasteiger partial charge is 0.196 e. The summed E-state index contributed by atoms with van der Waals surface area (Å²) in [6.07, 6.45) is 0. The van der Waals surface area contributed by atoms with Crippen LogP contribution in [0.2, 0.25) is 0 Å². The minimum atomic E-state index is 0. The molecular weight excluding hydrogens is 175 g/mol. The van der Waals surface area contributed by atoms with E-state index in [1.165, 1.54) is 27.8 Å². The third-order valence-corrected chi connectivity index (χ3v) is 2.81. The van der Waals surface area contributed by atoms with Crippen molar-refractivity contribution in [3.63, 3.8) is 0 Å². The topological polar surface area (TPSA) is 0 Å². The maximum Gasteiger partial charge on any atom is 2.00 e. The van der Waals surface area contributed by atoms with Crippen LogP contribution in [0.5, 0.6) is 0 Å². The van der Waals surface area contributed by atoms with Crippen LogP contribution in [0.1, 0.15) is 27.8 Å². The van der Waals surface area contributed by atoms with Crippen LogP contribution < -0.4 is 0 Å². The summed E-state index contributed by atoms with van der Waals surface area (Å²) in [4.78, 5) is 0. The van der Waals surface area contributed by atoms with Crippen LogP contribution in [0, 0.1) is 34.6 Å². The van der Waals surface area contributed by atoms with Crippen LogP contribution in [-0.2, 0) is 17.1 Å². The van der Waals surface area contributed by atoms with Gasteiger partial charge in [-0.15, -0.1) is 0 Å². The van der Waals surface area contributed by atoms with Gasteiger partial charge in [-0.25, -0.2) is 0 Å². The first-order valence-corrected chi connectivity index (χ1v) is 3.75. The van der Waals surface area contributed by atoms with E-state index in [-0.39, 0.29) is 17.1 Å². The molecule has 0 aromatic heterocycles. The molecule has 0 heterocycles.